The summed E-state index contributed by atoms with van der Waals surface area (Å²) < 4.78 is 52.7. The van der Waals surface area contributed by atoms with Crippen LogP contribution in [0.4, 0.5) is 15.8 Å². The van der Waals surface area contributed by atoms with Gasteiger partial charge in [-0.3, -0.25) is 9.10 Å². The fourth-order valence-corrected chi connectivity index (χ4v) is 4.65. The van der Waals surface area contributed by atoms with Gasteiger partial charge < -0.3 is 14.8 Å². The highest BCUT2D eigenvalue weighted by Crippen LogP contribution is 2.34. The number of aryl methyl sites for hydroxylation is 1. The first-order valence-corrected chi connectivity index (χ1v) is 11.3. The summed E-state index contributed by atoms with van der Waals surface area (Å²) in [5.41, 5.74) is 1.57. The average Bonchev–Trinajstić information content (AvgIpc) is 2.78. The van der Waals surface area contributed by atoms with Crippen molar-refractivity contribution in [2.75, 3.05) is 29.4 Å². The molecule has 32 heavy (non-hydrogen) atoms. The Bertz CT molecular complexity index is 1250. The monoisotopic (exact) mass is 456 g/mol. The molecule has 3 aromatic carbocycles. The van der Waals surface area contributed by atoms with E-state index in [0.717, 1.165) is 15.9 Å². The Kier molecular flexibility index (Phi) is 6.00. The number of nitrogens with one attached hydrogen (secondary N) is 1. The summed E-state index contributed by atoms with van der Waals surface area (Å²) in [5, 5.41) is 2.67. The van der Waals surface area contributed by atoms with Crippen molar-refractivity contribution in [3.63, 3.8) is 0 Å². The number of halogens is 1. The first kappa shape index (κ1) is 21.6. The number of carbonyl (C=O) groups is 1. The minimum absolute atomic E-state index is 0.0268. The first-order chi connectivity index (χ1) is 15.3. The molecular formula is C23H21FN2O5S. The van der Waals surface area contributed by atoms with Gasteiger partial charge in [-0.05, 0) is 49.4 Å². The number of sulfonamides is 1. The van der Waals surface area contributed by atoms with Crippen molar-refractivity contribution in [2.45, 2.75) is 11.8 Å². The predicted octanol–water partition coefficient (Wildman–Crippen LogP) is 3.74. The third-order valence-corrected chi connectivity index (χ3v) is 6.59. The van der Waals surface area contributed by atoms with Gasteiger partial charge in [-0.1, -0.05) is 23.8 Å². The van der Waals surface area contributed by atoms with E-state index in [0.29, 0.717) is 30.4 Å². The Morgan fingerprint density at radius 3 is 2.44 bits per heavy atom. The third kappa shape index (κ3) is 4.67. The van der Waals surface area contributed by atoms with Crippen molar-refractivity contribution >= 4 is 27.3 Å². The van der Waals surface area contributed by atoms with Crippen molar-refractivity contribution in [1.82, 2.24) is 0 Å². The molecule has 1 N–H and O–H groups in total. The van der Waals surface area contributed by atoms with E-state index in [1.165, 1.54) is 36.4 Å². The van der Waals surface area contributed by atoms with E-state index in [2.05, 4.69) is 5.32 Å². The molecule has 7 nitrogen and oxygen atoms in total. The van der Waals surface area contributed by atoms with Gasteiger partial charge in [0.2, 0.25) is 5.91 Å². The summed E-state index contributed by atoms with van der Waals surface area (Å²) in [6.45, 7) is 2.03. The molecule has 1 aliphatic rings. The quantitative estimate of drug-likeness (QED) is 0.611. The lowest BCUT2D eigenvalue weighted by atomic mass is 10.2. The fourth-order valence-electron chi connectivity index (χ4n) is 3.23. The zero-order valence-electron chi connectivity index (χ0n) is 17.2. The summed E-state index contributed by atoms with van der Waals surface area (Å²) in [6, 6.07) is 16.4. The van der Waals surface area contributed by atoms with Crippen LogP contribution in [0.5, 0.6) is 11.5 Å². The molecule has 0 radical (unpaired) electrons. The minimum atomic E-state index is -4.23. The molecule has 1 aliphatic heterocycles. The number of benzene rings is 3. The number of fused-ring (bicyclic) bond motifs is 1. The van der Waals surface area contributed by atoms with Gasteiger partial charge in [0, 0.05) is 11.8 Å². The fraction of sp³-hybridized carbons (Fsp3) is 0.174. The zero-order valence-corrected chi connectivity index (χ0v) is 18.1. The molecule has 1 heterocycles. The topological polar surface area (TPSA) is 84.9 Å². The standard InChI is InChI=1S/C23H21FN2O5S/c1-16-5-7-18(8-6-16)25-23(27)15-26(19-4-2-3-17(24)13-19)32(28,29)20-9-10-21-22(14-20)31-12-11-30-21/h2-10,13-14H,11-12,15H2,1H3,(H,25,27). The van der Waals surface area contributed by atoms with Crippen molar-refractivity contribution in [2.24, 2.45) is 0 Å². The Balaban J connectivity index is 1.67. The van der Waals surface area contributed by atoms with Gasteiger partial charge in [0.05, 0.1) is 10.6 Å². The SMILES string of the molecule is Cc1ccc(NC(=O)CN(c2cccc(F)c2)S(=O)(=O)c2ccc3c(c2)OCCO3)cc1. The molecule has 4 rings (SSSR count). The number of rotatable bonds is 6. The summed E-state index contributed by atoms with van der Waals surface area (Å²) in [7, 11) is -4.23. The van der Waals surface area contributed by atoms with Gasteiger partial charge >= 0.3 is 0 Å². The smallest absolute Gasteiger partial charge is 0.264 e. The molecule has 0 fully saturated rings. The van der Waals surface area contributed by atoms with Gasteiger partial charge in [-0.25, -0.2) is 12.8 Å². The molecule has 0 atom stereocenters. The van der Waals surface area contributed by atoms with Gasteiger partial charge in [0.25, 0.3) is 10.0 Å². The number of anilines is 2. The molecule has 166 valence electrons. The second-order valence-electron chi connectivity index (χ2n) is 7.21. The van der Waals surface area contributed by atoms with E-state index in [9.17, 15) is 17.6 Å². The lowest BCUT2D eigenvalue weighted by molar-refractivity contribution is -0.114. The summed E-state index contributed by atoms with van der Waals surface area (Å²) in [6.07, 6.45) is 0. The highest BCUT2D eigenvalue weighted by molar-refractivity contribution is 7.92. The largest absolute Gasteiger partial charge is 0.486 e. The number of hydrogen-bond acceptors (Lipinski definition) is 5. The van der Waals surface area contributed by atoms with E-state index in [1.54, 1.807) is 12.1 Å². The zero-order chi connectivity index (χ0) is 22.7. The number of amides is 1. The van der Waals surface area contributed by atoms with E-state index in [1.807, 2.05) is 19.1 Å². The Labute approximate surface area is 185 Å². The van der Waals surface area contributed by atoms with Crippen LogP contribution in [-0.2, 0) is 14.8 Å². The molecule has 0 unspecified atom stereocenters. The van der Waals surface area contributed by atoms with Crippen LogP contribution in [0.1, 0.15) is 5.56 Å². The van der Waals surface area contributed by atoms with Crippen LogP contribution in [0.25, 0.3) is 0 Å². The minimum Gasteiger partial charge on any atom is -0.486 e. The number of ether oxygens (including phenoxy) is 2. The van der Waals surface area contributed by atoms with E-state index in [4.69, 9.17) is 9.47 Å². The molecule has 0 saturated carbocycles. The number of nitrogens with zero attached hydrogens (tertiary/aromatic N) is 1. The molecule has 3 aromatic rings. The molecule has 9 heteroatoms. The van der Waals surface area contributed by atoms with Gasteiger partial charge in [0.1, 0.15) is 25.6 Å². The second-order valence-corrected chi connectivity index (χ2v) is 9.07. The highest BCUT2D eigenvalue weighted by atomic mass is 32.2. The lowest BCUT2D eigenvalue weighted by Crippen LogP contribution is -2.38. The highest BCUT2D eigenvalue weighted by Gasteiger charge is 2.29. The first-order valence-electron chi connectivity index (χ1n) is 9.87. The van der Waals surface area contributed by atoms with Gasteiger partial charge in [-0.2, -0.15) is 0 Å². The van der Waals surface area contributed by atoms with E-state index < -0.39 is 28.3 Å². The van der Waals surface area contributed by atoms with Crippen molar-refractivity contribution in [1.29, 1.82) is 0 Å². The summed E-state index contributed by atoms with van der Waals surface area (Å²) in [4.78, 5) is 12.6. The number of carbonyl (C=O) groups excluding carboxylic acids is 1. The van der Waals surface area contributed by atoms with Crippen LogP contribution in [0.2, 0.25) is 0 Å². The van der Waals surface area contributed by atoms with Crippen LogP contribution >= 0.6 is 0 Å². The Morgan fingerprint density at radius 2 is 1.72 bits per heavy atom. The van der Waals surface area contributed by atoms with Crippen molar-refractivity contribution in [3.8, 4) is 11.5 Å². The average molecular weight is 456 g/mol. The third-order valence-electron chi connectivity index (χ3n) is 4.82. The van der Waals surface area contributed by atoms with Crippen molar-refractivity contribution < 1.29 is 27.1 Å². The molecule has 0 spiro atoms. The number of hydrogen-bond donors (Lipinski definition) is 1. The lowest BCUT2D eigenvalue weighted by Gasteiger charge is -2.25. The van der Waals surface area contributed by atoms with Crippen LogP contribution < -0.4 is 19.1 Å². The van der Waals surface area contributed by atoms with Crippen LogP contribution in [0, 0.1) is 12.7 Å². The maximum Gasteiger partial charge on any atom is 0.264 e. The maximum atomic E-state index is 13.9. The van der Waals surface area contributed by atoms with Gasteiger partial charge in [0.15, 0.2) is 11.5 Å². The second kappa shape index (κ2) is 8.88. The Morgan fingerprint density at radius 1 is 1.00 bits per heavy atom. The van der Waals surface area contributed by atoms with E-state index in [-0.39, 0.29) is 10.6 Å². The Hall–Kier alpha value is -3.59. The van der Waals surface area contributed by atoms with Crippen LogP contribution in [0.15, 0.2) is 71.6 Å². The van der Waals surface area contributed by atoms with E-state index >= 15 is 0 Å². The molecular weight excluding hydrogens is 435 g/mol. The molecule has 0 bridgehead atoms. The normalized spacial score (nSPS) is 12.8. The predicted molar refractivity (Wildman–Crippen MR) is 118 cm³/mol. The van der Waals surface area contributed by atoms with Crippen molar-refractivity contribution in [3.05, 3.63) is 78.1 Å². The molecule has 0 aromatic heterocycles. The summed E-state index contributed by atoms with van der Waals surface area (Å²) >= 11 is 0. The maximum absolute atomic E-state index is 13.9. The molecule has 0 aliphatic carbocycles. The molecule has 0 saturated heterocycles. The van der Waals surface area contributed by atoms with Crippen LogP contribution in [-0.4, -0.2) is 34.1 Å². The molecule has 1 amide bonds. The van der Waals surface area contributed by atoms with Gasteiger partial charge in [-0.15, -0.1) is 0 Å². The van der Waals surface area contributed by atoms with Crippen LogP contribution in [0.3, 0.4) is 0 Å². The summed E-state index contributed by atoms with van der Waals surface area (Å²) in [5.74, 6) is -0.465.